The molecule has 94 valence electrons. The van der Waals surface area contributed by atoms with Gasteiger partial charge in [-0.25, -0.2) is 4.39 Å². The van der Waals surface area contributed by atoms with Crippen LogP contribution in [0.15, 0.2) is 24.3 Å². The van der Waals surface area contributed by atoms with Crippen LogP contribution in [0.1, 0.15) is 26.2 Å². The molecular weight excluding hydrogens is 219 g/mol. The van der Waals surface area contributed by atoms with Gasteiger partial charge in [-0.3, -0.25) is 4.79 Å². The van der Waals surface area contributed by atoms with Crippen molar-refractivity contribution < 1.29 is 9.18 Å². The molecule has 0 fully saturated rings. The van der Waals surface area contributed by atoms with Crippen molar-refractivity contribution in [2.24, 2.45) is 0 Å². The minimum atomic E-state index is -0.348. The predicted octanol–water partition coefficient (Wildman–Crippen LogP) is 2.54. The molecule has 0 saturated carbocycles. The fraction of sp³-hybridized carbons (Fsp3) is 0.462. The lowest BCUT2D eigenvalue weighted by molar-refractivity contribution is -0.115. The smallest absolute Gasteiger partial charge is 0.238 e. The zero-order chi connectivity index (χ0) is 12.5. The molecule has 0 radical (unpaired) electrons. The topological polar surface area (TPSA) is 41.1 Å². The van der Waals surface area contributed by atoms with E-state index in [0.29, 0.717) is 5.69 Å². The summed E-state index contributed by atoms with van der Waals surface area (Å²) in [6.45, 7) is 3.24. The number of hydrogen-bond acceptors (Lipinski definition) is 2. The van der Waals surface area contributed by atoms with Gasteiger partial charge in [-0.15, -0.1) is 0 Å². The SMILES string of the molecule is CCCCCNCC(=O)Nc1cccc(F)c1. The molecule has 0 atom stereocenters. The molecule has 3 nitrogen and oxygen atoms in total. The van der Waals surface area contributed by atoms with Crippen molar-refractivity contribution in [1.82, 2.24) is 5.32 Å². The van der Waals surface area contributed by atoms with Gasteiger partial charge in [0.15, 0.2) is 0 Å². The monoisotopic (exact) mass is 238 g/mol. The van der Waals surface area contributed by atoms with Crippen molar-refractivity contribution in [3.05, 3.63) is 30.1 Å². The molecule has 1 aromatic rings. The highest BCUT2D eigenvalue weighted by atomic mass is 19.1. The van der Waals surface area contributed by atoms with E-state index in [2.05, 4.69) is 17.6 Å². The first-order valence-electron chi connectivity index (χ1n) is 5.98. The number of nitrogens with one attached hydrogen (secondary N) is 2. The van der Waals surface area contributed by atoms with E-state index in [1.54, 1.807) is 12.1 Å². The summed E-state index contributed by atoms with van der Waals surface area (Å²) in [5.74, 6) is -0.495. The summed E-state index contributed by atoms with van der Waals surface area (Å²) in [7, 11) is 0. The fourth-order valence-electron chi connectivity index (χ4n) is 1.47. The Labute approximate surface area is 101 Å². The lowest BCUT2D eigenvalue weighted by Crippen LogP contribution is -2.28. The Morgan fingerprint density at radius 2 is 2.18 bits per heavy atom. The molecule has 0 spiro atoms. The van der Waals surface area contributed by atoms with Crippen molar-refractivity contribution in [2.75, 3.05) is 18.4 Å². The zero-order valence-electron chi connectivity index (χ0n) is 10.1. The second-order valence-corrected chi connectivity index (χ2v) is 3.94. The zero-order valence-corrected chi connectivity index (χ0v) is 10.1. The van der Waals surface area contributed by atoms with Gasteiger partial charge in [-0.2, -0.15) is 0 Å². The number of halogens is 1. The van der Waals surface area contributed by atoms with Crippen LogP contribution in [0.2, 0.25) is 0 Å². The predicted molar refractivity (Wildman–Crippen MR) is 67.4 cm³/mol. The third-order valence-electron chi connectivity index (χ3n) is 2.35. The molecule has 0 bridgehead atoms. The molecule has 2 N–H and O–H groups in total. The minimum absolute atomic E-state index is 0.146. The van der Waals surface area contributed by atoms with E-state index in [4.69, 9.17) is 0 Å². The molecule has 1 amide bonds. The molecule has 0 aliphatic heterocycles. The summed E-state index contributed by atoms with van der Waals surface area (Å²) < 4.78 is 12.8. The van der Waals surface area contributed by atoms with Crippen LogP contribution in [0, 0.1) is 5.82 Å². The number of unbranched alkanes of at least 4 members (excludes halogenated alkanes) is 2. The van der Waals surface area contributed by atoms with E-state index in [1.807, 2.05) is 0 Å². The Hall–Kier alpha value is -1.42. The van der Waals surface area contributed by atoms with Crippen molar-refractivity contribution in [2.45, 2.75) is 26.2 Å². The van der Waals surface area contributed by atoms with Crippen molar-refractivity contribution in [1.29, 1.82) is 0 Å². The van der Waals surface area contributed by atoms with Gasteiger partial charge in [0, 0.05) is 5.69 Å². The third-order valence-corrected chi connectivity index (χ3v) is 2.35. The molecule has 4 heteroatoms. The summed E-state index contributed by atoms with van der Waals surface area (Å²) in [6, 6.07) is 5.88. The first kappa shape index (κ1) is 13.6. The highest BCUT2D eigenvalue weighted by Crippen LogP contribution is 2.08. The summed E-state index contributed by atoms with van der Waals surface area (Å²) in [6.07, 6.45) is 3.40. The van der Waals surface area contributed by atoms with Crippen LogP contribution < -0.4 is 10.6 Å². The van der Waals surface area contributed by atoms with Crippen LogP contribution in [0.25, 0.3) is 0 Å². The molecule has 0 unspecified atom stereocenters. The largest absolute Gasteiger partial charge is 0.325 e. The number of carbonyl (C=O) groups is 1. The number of rotatable bonds is 7. The van der Waals surface area contributed by atoms with Gasteiger partial charge in [0.1, 0.15) is 5.82 Å². The molecule has 0 aliphatic rings. The minimum Gasteiger partial charge on any atom is -0.325 e. The summed E-state index contributed by atoms with van der Waals surface area (Å²) in [5, 5.41) is 5.68. The molecular formula is C13H19FN2O. The van der Waals surface area contributed by atoms with Gasteiger partial charge in [-0.1, -0.05) is 25.8 Å². The molecule has 1 rings (SSSR count). The molecule has 0 aromatic heterocycles. The normalized spacial score (nSPS) is 10.2. The van der Waals surface area contributed by atoms with Gasteiger partial charge >= 0.3 is 0 Å². The van der Waals surface area contributed by atoms with Gasteiger partial charge in [0.05, 0.1) is 6.54 Å². The maximum atomic E-state index is 12.8. The van der Waals surface area contributed by atoms with E-state index in [9.17, 15) is 9.18 Å². The second-order valence-electron chi connectivity index (χ2n) is 3.94. The first-order chi connectivity index (χ1) is 8.22. The Morgan fingerprint density at radius 1 is 1.35 bits per heavy atom. The van der Waals surface area contributed by atoms with E-state index < -0.39 is 0 Å². The highest BCUT2D eigenvalue weighted by molar-refractivity contribution is 5.92. The van der Waals surface area contributed by atoms with Crippen LogP contribution in [-0.2, 0) is 4.79 Å². The van der Waals surface area contributed by atoms with Crippen molar-refractivity contribution in [3.63, 3.8) is 0 Å². The number of benzene rings is 1. The second kappa shape index (κ2) is 7.79. The number of amides is 1. The van der Waals surface area contributed by atoms with E-state index in [0.717, 1.165) is 19.4 Å². The number of carbonyl (C=O) groups excluding carboxylic acids is 1. The van der Waals surface area contributed by atoms with E-state index in [1.165, 1.54) is 18.6 Å². The first-order valence-corrected chi connectivity index (χ1v) is 5.98. The Kier molecular flexibility index (Phi) is 6.25. The number of anilines is 1. The summed E-state index contributed by atoms with van der Waals surface area (Å²) in [5.41, 5.74) is 0.491. The number of hydrogen-bond donors (Lipinski definition) is 2. The molecule has 0 saturated heterocycles. The van der Waals surface area contributed by atoms with E-state index in [-0.39, 0.29) is 18.3 Å². The van der Waals surface area contributed by atoms with Crippen molar-refractivity contribution in [3.8, 4) is 0 Å². The van der Waals surface area contributed by atoms with E-state index >= 15 is 0 Å². The fourth-order valence-corrected chi connectivity index (χ4v) is 1.47. The average molecular weight is 238 g/mol. The lowest BCUT2D eigenvalue weighted by atomic mass is 10.2. The molecule has 0 aliphatic carbocycles. The Morgan fingerprint density at radius 3 is 2.88 bits per heavy atom. The average Bonchev–Trinajstić information content (AvgIpc) is 2.29. The molecule has 1 aromatic carbocycles. The maximum Gasteiger partial charge on any atom is 0.238 e. The van der Waals surface area contributed by atoms with Crippen LogP contribution in [0.4, 0.5) is 10.1 Å². The standard InChI is InChI=1S/C13H19FN2O/c1-2-3-4-8-15-10-13(17)16-12-7-5-6-11(14)9-12/h5-7,9,15H,2-4,8,10H2,1H3,(H,16,17). The molecule has 17 heavy (non-hydrogen) atoms. The van der Waals surface area contributed by atoms with Gasteiger partial charge < -0.3 is 10.6 Å². The Bertz CT molecular complexity index is 355. The quantitative estimate of drug-likeness (QED) is 0.717. The summed E-state index contributed by atoms with van der Waals surface area (Å²) >= 11 is 0. The Balaban J connectivity index is 2.21. The molecule has 0 heterocycles. The lowest BCUT2D eigenvalue weighted by Gasteiger charge is -2.06. The van der Waals surface area contributed by atoms with Gasteiger partial charge in [0.25, 0.3) is 0 Å². The van der Waals surface area contributed by atoms with Gasteiger partial charge in [-0.05, 0) is 31.2 Å². The van der Waals surface area contributed by atoms with Gasteiger partial charge in [0.2, 0.25) is 5.91 Å². The summed E-state index contributed by atoms with van der Waals surface area (Å²) in [4.78, 5) is 11.5. The van der Waals surface area contributed by atoms with Crippen LogP contribution in [0.3, 0.4) is 0 Å². The highest BCUT2D eigenvalue weighted by Gasteiger charge is 2.01. The van der Waals surface area contributed by atoms with Crippen LogP contribution in [0.5, 0.6) is 0 Å². The van der Waals surface area contributed by atoms with Crippen molar-refractivity contribution >= 4 is 11.6 Å². The van der Waals surface area contributed by atoms with Crippen LogP contribution in [-0.4, -0.2) is 19.0 Å². The third kappa shape index (κ3) is 6.02. The van der Waals surface area contributed by atoms with Crippen LogP contribution >= 0.6 is 0 Å². The maximum absolute atomic E-state index is 12.8.